The molecule has 336 valence electrons. The number of ether oxygens (including phenoxy) is 3. The zero-order chi connectivity index (χ0) is 45.3. The van der Waals surface area contributed by atoms with Gasteiger partial charge >= 0.3 is 0 Å². The molecule has 4 unspecified atom stereocenters. The van der Waals surface area contributed by atoms with Crippen molar-refractivity contribution in [3.8, 4) is 39.7 Å². The van der Waals surface area contributed by atoms with Crippen molar-refractivity contribution in [2.45, 2.75) is 52.1 Å². The first-order valence-electron chi connectivity index (χ1n) is 22.2. The van der Waals surface area contributed by atoms with Gasteiger partial charge in [0.05, 0.1) is 63.2 Å². The highest BCUT2D eigenvalue weighted by Crippen LogP contribution is 2.36. The van der Waals surface area contributed by atoms with E-state index in [1.165, 1.54) is 11.3 Å². The molecule has 2 saturated heterocycles. The summed E-state index contributed by atoms with van der Waals surface area (Å²) in [6, 6.07) is 28.8. The van der Waals surface area contributed by atoms with Crippen molar-refractivity contribution in [2.75, 3.05) is 54.9 Å². The number of nitrogens with zero attached hydrogens (tertiary/aromatic N) is 6. The van der Waals surface area contributed by atoms with E-state index in [1.54, 1.807) is 36.0 Å². The monoisotopic (exact) mass is 902 g/mol. The summed E-state index contributed by atoms with van der Waals surface area (Å²) in [6.07, 6.45) is 3.94. The summed E-state index contributed by atoms with van der Waals surface area (Å²) in [7, 11) is 0. The zero-order valence-corrected chi connectivity index (χ0v) is 37.9. The van der Waals surface area contributed by atoms with E-state index < -0.39 is 0 Å². The molecular weight excluding hydrogens is 853 g/mol. The lowest BCUT2D eigenvalue weighted by molar-refractivity contribution is -0.0699. The van der Waals surface area contributed by atoms with Crippen LogP contribution in [0.3, 0.4) is 0 Å². The molecule has 4 N–H and O–H groups in total. The molecule has 2 fully saturated rings. The van der Waals surface area contributed by atoms with E-state index >= 15 is 0 Å². The molecule has 4 atom stereocenters. The highest BCUT2D eigenvalue weighted by Gasteiger charge is 2.25. The van der Waals surface area contributed by atoms with E-state index in [1.807, 2.05) is 60.7 Å². The van der Waals surface area contributed by atoms with Crippen LogP contribution < -0.4 is 20.3 Å². The van der Waals surface area contributed by atoms with Crippen LogP contribution in [0.4, 0.5) is 16.6 Å². The lowest BCUT2D eigenvalue weighted by Gasteiger charge is -2.37. The first kappa shape index (κ1) is 42.9. The molecule has 10 rings (SSSR count). The SMILES string of the molecule is CC1CN(CCOc2ccccc2-c2nc3c(-c4ccc(NC(=O)c5cccc6nc(-c7cccc(N8CC(C)OC(C)C8)c7)[nH]c56)nc4)ccc(C(=O)Nc4nccs4)c3[nH]2)CC(C)O1. The number of nitrogens with one attached hydrogen (secondary N) is 4. The van der Waals surface area contributed by atoms with E-state index in [2.05, 4.69) is 80.2 Å². The fourth-order valence-electron chi connectivity index (χ4n) is 9.04. The lowest BCUT2D eigenvalue weighted by Crippen LogP contribution is -2.46. The van der Waals surface area contributed by atoms with Crippen molar-refractivity contribution in [1.82, 2.24) is 34.8 Å². The van der Waals surface area contributed by atoms with Crippen LogP contribution in [0.1, 0.15) is 48.4 Å². The van der Waals surface area contributed by atoms with Gasteiger partial charge in [-0.15, -0.1) is 11.3 Å². The standard InChI is InChI=1S/C50H50N10O5S/c1-29-25-59(26-30(2)64-29)20-21-63-41-14-6-5-11-37(41)47-56-44-36(16-17-39(45(44)57-47)49(62)58-50-51-19-22-66-50)34-15-18-42(52-24-34)54-48(61)38-12-8-13-40-43(38)55-46(53-40)33-9-7-10-35(23-33)60-27-31(3)65-32(4)28-60/h5-19,22-24,29-32H,20-21,25-28H2,1-4H3,(H,53,55)(H,56,57)(H,51,58,62)(H,52,54,61). The zero-order valence-electron chi connectivity index (χ0n) is 37.1. The Morgan fingerprint density at radius 2 is 1.47 bits per heavy atom. The Morgan fingerprint density at radius 1 is 0.727 bits per heavy atom. The molecule has 4 aromatic heterocycles. The minimum atomic E-state index is -0.328. The van der Waals surface area contributed by atoms with Crippen LogP contribution in [0.25, 0.3) is 56.0 Å². The number of aromatic nitrogens is 6. The summed E-state index contributed by atoms with van der Waals surface area (Å²) in [5.74, 6) is 1.61. The number of H-pyrrole nitrogens is 2. The first-order valence-corrected chi connectivity index (χ1v) is 23.1. The number of hydrogen-bond donors (Lipinski definition) is 4. The molecular formula is C50H50N10O5S. The topological polar surface area (TPSA) is 176 Å². The normalized spacial score (nSPS) is 19.0. The number of rotatable bonds is 12. The maximum absolute atomic E-state index is 13.9. The van der Waals surface area contributed by atoms with E-state index in [-0.39, 0.29) is 36.2 Å². The number of hydrogen-bond acceptors (Lipinski definition) is 12. The molecule has 0 radical (unpaired) electrons. The van der Waals surface area contributed by atoms with Crippen LogP contribution >= 0.6 is 11.3 Å². The highest BCUT2D eigenvalue weighted by atomic mass is 32.1. The number of carbonyl (C=O) groups is 2. The number of morpholine rings is 2. The Labute approximate surface area is 385 Å². The minimum absolute atomic E-state index is 0.136. The summed E-state index contributed by atoms with van der Waals surface area (Å²) in [5, 5.41) is 8.18. The number of anilines is 3. The lowest BCUT2D eigenvalue weighted by atomic mass is 10.0. The van der Waals surface area contributed by atoms with Crippen molar-refractivity contribution in [3.63, 3.8) is 0 Å². The second-order valence-electron chi connectivity index (χ2n) is 17.0. The van der Waals surface area contributed by atoms with Crippen molar-refractivity contribution in [3.05, 3.63) is 120 Å². The molecule has 0 bridgehead atoms. The van der Waals surface area contributed by atoms with Gasteiger partial charge in [-0.25, -0.2) is 19.9 Å². The molecule has 8 aromatic rings. The van der Waals surface area contributed by atoms with Gasteiger partial charge in [0, 0.05) is 72.9 Å². The summed E-state index contributed by atoms with van der Waals surface area (Å²) >= 11 is 1.34. The second-order valence-corrected chi connectivity index (χ2v) is 17.9. The quantitative estimate of drug-likeness (QED) is 0.0922. The average Bonchev–Trinajstić information content (AvgIpc) is 4.10. The Hall–Kier alpha value is -6.98. The van der Waals surface area contributed by atoms with Crippen molar-refractivity contribution in [2.24, 2.45) is 0 Å². The van der Waals surface area contributed by atoms with E-state index in [0.29, 0.717) is 68.1 Å². The number of amides is 2. The Morgan fingerprint density at radius 3 is 2.24 bits per heavy atom. The van der Waals surface area contributed by atoms with Gasteiger partial charge in [0.2, 0.25) is 0 Å². The molecule has 2 aliphatic heterocycles. The third-order valence-corrected chi connectivity index (χ3v) is 12.5. The molecule has 0 spiro atoms. The van der Waals surface area contributed by atoms with Crippen LogP contribution in [-0.4, -0.2) is 110 Å². The van der Waals surface area contributed by atoms with Gasteiger partial charge in [-0.1, -0.05) is 36.4 Å². The smallest absolute Gasteiger partial charge is 0.259 e. The number of benzene rings is 4. The van der Waals surface area contributed by atoms with Gasteiger partial charge in [0.25, 0.3) is 11.8 Å². The van der Waals surface area contributed by atoms with Gasteiger partial charge in [-0.3, -0.25) is 19.8 Å². The Balaban J connectivity index is 0.904. The van der Waals surface area contributed by atoms with E-state index in [9.17, 15) is 9.59 Å². The molecule has 15 nitrogen and oxygen atoms in total. The van der Waals surface area contributed by atoms with Crippen molar-refractivity contribution < 1.29 is 23.8 Å². The third kappa shape index (κ3) is 9.13. The van der Waals surface area contributed by atoms with Crippen LogP contribution in [0.2, 0.25) is 0 Å². The average molecular weight is 903 g/mol. The maximum atomic E-state index is 13.9. The summed E-state index contributed by atoms with van der Waals surface area (Å²) in [6.45, 7) is 12.9. The van der Waals surface area contributed by atoms with E-state index in [0.717, 1.165) is 60.7 Å². The van der Waals surface area contributed by atoms with Crippen molar-refractivity contribution in [1.29, 1.82) is 0 Å². The predicted molar refractivity (Wildman–Crippen MR) is 258 cm³/mol. The largest absolute Gasteiger partial charge is 0.491 e. The molecule has 2 aliphatic rings. The molecule has 66 heavy (non-hydrogen) atoms. The summed E-state index contributed by atoms with van der Waals surface area (Å²) in [4.78, 5) is 58.1. The number of carbonyl (C=O) groups excluding carboxylic acids is 2. The van der Waals surface area contributed by atoms with Gasteiger partial charge in [-0.2, -0.15) is 0 Å². The highest BCUT2D eigenvalue weighted by molar-refractivity contribution is 7.13. The number of imidazole rings is 2. The molecule has 2 amide bonds. The van der Waals surface area contributed by atoms with Gasteiger partial charge in [0.1, 0.15) is 29.8 Å². The Bertz CT molecular complexity index is 3000. The summed E-state index contributed by atoms with van der Waals surface area (Å²) < 4.78 is 18.3. The van der Waals surface area contributed by atoms with E-state index in [4.69, 9.17) is 24.2 Å². The van der Waals surface area contributed by atoms with Crippen LogP contribution in [0, 0.1) is 0 Å². The van der Waals surface area contributed by atoms with Gasteiger partial charge in [0.15, 0.2) is 5.13 Å². The van der Waals surface area contributed by atoms with Crippen LogP contribution in [-0.2, 0) is 9.47 Å². The molecule has 6 heterocycles. The third-order valence-electron chi connectivity index (χ3n) is 11.8. The number of thiazole rings is 1. The number of para-hydroxylation sites is 2. The number of aromatic amines is 2. The number of pyridine rings is 1. The van der Waals surface area contributed by atoms with Crippen LogP contribution in [0.15, 0.2) is 109 Å². The van der Waals surface area contributed by atoms with Crippen LogP contribution in [0.5, 0.6) is 5.75 Å². The Kier molecular flexibility index (Phi) is 12.0. The second kappa shape index (κ2) is 18.5. The number of fused-ring (bicyclic) bond motifs is 2. The summed E-state index contributed by atoms with van der Waals surface area (Å²) in [5.41, 5.74) is 7.53. The molecule has 4 aromatic carbocycles. The molecule has 0 saturated carbocycles. The van der Waals surface area contributed by atoms with Gasteiger partial charge in [-0.05, 0) is 82.3 Å². The minimum Gasteiger partial charge on any atom is -0.491 e. The fourth-order valence-corrected chi connectivity index (χ4v) is 9.56. The first-order chi connectivity index (χ1) is 32.1. The predicted octanol–water partition coefficient (Wildman–Crippen LogP) is 8.90. The van der Waals surface area contributed by atoms with Gasteiger partial charge < -0.3 is 34.4 Å². The fraction of sp³-hybridized carbons (Fsp3) is 0.280. The molecule has 16 heteroatoms. The van der Waals surface area contributed by atoms with Crippen molar-refractivity contribution >= 4 is 61.9 Å². The molecule has 0 aliphatic carbocycles. The maximum Gasteiger partial charge on any atom is 0.259 e.